The number of nitrogens with zero attached hydrogens (tertiary/aromatic N) is 1. The summed E-state index contributed by atoms with van der Waals surface area (Å²) >= 11 is 0. The third-order valence-electron chi connectivity index (χ3n) is 1.71. The third kappa shape index (κ3) is 3.53. The number of hydrogen-bond acceptors (Lipinski definition) is 3. The predicted octanol–water partition coefficient (Wildman–Crippen LogP) is 1.47. The molecule has 0 aromatic carbocycles. The standard InChI is InChI=1S/C10H16N2O/c1-2-5-13-8-9-3-4-12-10(6-9)7-11/h3-4,6H,2,5,7-8,11H2,1H3. The average molecular weight is 180 g/mol. The molecule has 3 nitrogen and oxygen atoms in total. The summed E-state index contributed by atoms with van der Waals surface area (Å²) in [6.07, 6.45) is 2.82. The maximum absolute atomic E-state index is 5.47. The highest BCUT2D eigenvalue weighted by Gasteiger charge is 1.95. The fourth-order valence-electron chi connectivity index (χ4n) is 1.06. The van der Waals surface area contributed by atoms with Crippen LogP contribution in [0, 0.1) is 0 Å². The van der Waals surface area contributed by atoms with Crippen molar-refractivity contribution in [2.45, 2.75) is 26.5 Å². The van der Waals surface area contributed by atoms with Crippen LogP contribution in [0.15, 0.2) is 18.3 Å². The highest BCUT2D eigenvalue weighted by Crippen LogP contribution is 2.03. The molecular weight excluding hydrogens is 164 g/mol. The van der Waals surface area contributed by atoms with Crippen molar-refractivity contribution in [3.63, 3.8) is 0 Å². The molecule has 0 unspecified atom stereocenters. The smallest absolute Gasteiger partial charge is 0.0718 e. The average Bonchev–Trinajstić information content (AvgIpc) is 2.19. The molecule has 3 heteroatoms. The number of rotatable bonds is 5. The molecule has 0 amide bonds. The van der Waals surface area contributed by atoms with E-state index in [1.165, 1.54) is 0 Å². The first-order valence-electron chi connectivity index (χ1n) is 4.58. The molecule has 1 rings (SSSR count). The SMILES string of the molecule is CCCOCc1ccnc(CN)c1. The Morgan fingerprint density at radius 3 is 3.08 bits per heavy atom. The fraction of sp³-hybridized carbons (Fsp3) is 0.500. The fourth-order valence-corrected chi connectivity index (χ4v) is 1.06. The van der Waals surface area contributed by atoms with Gasteiger partial charge in [0, 0.05) is 19.3 Å². The van der Waals surface area contributed by atoms with E-state index >= 15 is 0 Å². The first-order valence-corrected chi connectivity index (χ1v) is 4.58. The van der Waals surface area contributed by atoms with Crippen molar-refractivity contribution in [1.29, 1.82) is 0 Å². The van der Waals surface area contributed by atoms with E-state index < -0.39 is 0 Å². The molecular formula is C10H16N2O. The van der Waals surface area contributed by atoms with E-state index in [1.807, 2.05) is 12.1 Å². The Bertz CT molecular complexity index is 250. The number of aromatic nitrogens is 1. The van der Waals surface area contributed by atoms with Gasteiger partial charge >= 0.3 is 0 Å². The monoisotopic (exact) mass is 180 g/mol. The topological polar surface area (TPSA) is 48.1 Å². The van der Waals surface area contributed by atoms with Crippen LogP contribution in [-0.4, -0.2) is 11.6 Å². The minimum atomic E-state index is 0.488. The normalized spacial score (nSPS) is 10.3. The van der Waals surface area contributed by atoms with Gasteiger partial charge in [0.25, 0.3) is 0 Å². The van der Waals surface area contributed by atoms with Gasteiger partial charge in [0.1, 0.15) is 0 Å². The van der Waals surface area contributed by atoms with Gasteiger partial charge in [-0.3, -0.25) is 4.98 Å². The Kier molecular flexibility index (Phi) is 4.43. The van der Waals surface area contributed by atoms with Crippen molar-refractivity contribution < 1.29 is 4.74 Å². The van der Waals surface area contributed by atoms with Crippen LogP contribution in [-0.2, 0) is 17.9 Å². The van der Waals surface area contributed by atoms with Crippen LogP contribution in [0.5, 0.6) is 0 Å². The molecule has 0 saturated carbocycles. The zero-order valence-corrected chi connectivity index (χ0v) is 7.99. The summed E-state index contributed by atoms with van der Waals surface area (Å²) in [5.74, 6) is 0. The van der Waals surface area contributed by atoms with Crippen molar-refractivity contribution in [3.8, 4) is 0 Å². The third-order valence-corrected chi connectivity index (χ3v) is 1.71. The van der Waals surface area contributed by atoms with Crippen LogP contribution >= 0.6 is 0 Å². The summed E-state index contributed by atoms with van der Waals surface area (Å²) in [5, 5.41) is 0. The van der Waals surface area contributed by atoms with Crippen molar-refractivity contribution in [2.75, 3.05) is 6.61 Å². The molecule has 1 aromatic rings. The molecule has 0 saturated heterocycles. The number of hydrogen-bond donors (Lipinski definition) is 1. The van der Waals surface area contributed by atoms with Gasteiger partial charge in [0.15, 0.2) is 0 Å². The zero-order valence-electron chi connectivity index (χ0n) is 7.99. The maximum atomic E-state index is 5.47. The minimum Gasteiger partial charge on any atom is -0.377 e. The van der Waals surface area contributed by atoms with Crippen molar-refractivity contribution >= 4 is 0 Å². The number of nitrogens with two attached hydrogens (primary N) is 1. The molecule has 0 spiro atoms. The highest BCUT2D eigenvalue weighted by molar-refractivity contribution is 5.15. The van der Waals surface area contributed by atoms with Gasteiger partial charge in [0.05, 0.1) is 12.3 Å². The van der Waals surface area contributed by atoms with E-state index in [0.717, 1.165) is 24.3 Å². The zero-order chi connectivity index (χ0) is 9.52. The lowest BCUT2D eigenvalue weighted by molar-refractivity contribution is 0.121. The summed E-state index contributed by atoms with van der Waals surface area (Å²) in [6.45, 7) is 4.04. The van der Waals surface area contributed by atoms with Crippen LogP contribution in [0.2, 0.25) is 0 Å². The van der Waals surface area contributed by atoms with Gasteiger partial charge in [-0.1, -0.05) is 6.92 Å². The van der Waals surface area contributed by atoms with E-state index in [4.69, 9.17) is 10.5 Å². The molecule has 2 N–H and O–H groups in total. The van der Waals surface area contributed by atoms with E-state index in [9.17, 15) is 0 Å². The minimum absolute atomic E-state index is 0.488. The van der Waals surface area contributed by atoms with Crippen LogP contribution in [0.1, 0.15) is 24.6 Å². The molecule has 0 radical (unpaired) electrons. The lowest BCUT2D eigenvalue weighted by atomic mass is 10.2. The molecule has 13 heavy (non-hydrogen) atoms. The number of pyridine rings is 1. The number of ether oxygens (including phenoxy) is 1. The van der Waals surface area contributed by atoms with Crippen molar-refractivity contribution in [2.24, 2.45) is 5.73 Å². The molecule has 1 heterocycles. The highest BCUT2D eigenvalue weighted by atomic mass is 16.5. The lowest BCUT2D eigenvalue weighted by Gasteiger charge is -2.03. The summed E-state index contributed by atoms with van der Waals surface area (Å²) in [5.41, 5.74) is 7.53. The van der Waals surface area contributed by atoms with Crippen LogP contribution in [0.3, 0.4) is 0 Å². The lowest BCUT2D eigenvalue weighted by Crippen LogP contribution is -2.01. The van der Waals surface area contributed by atoms with Gasteiger partial charge in [0.2, 0.25) is 0 Å². The summed E-state index contributed by atoms with van der Waals surface area (Å²) < 4.78 is 5.40. The second-order valence-electron chi connectivity index (χ2n) is 2.91. The van der Waals surface area contributed by atoms with Gasteiger partial charge in [-0.2, -0.15) is 0 Å². The van der Waals surface area contributed by atoms with Gasteiger partial charge in [-0.05, 0) is 24.1 Å². The van der Waals surface area contributed by atoms with E-state index in [0.29, 0.717) is 13.2 Å². The first-order chi connectivity index (χ1) is 6.36. The molecule has 0 bridgehead atoms. The summed E-state index contributed by atoms with van der Waals surface area (Å²) in [7, 11) is 0. The Balaban J connectivity index is 2.46. The molecule has 1 aromatic heterocycles. The Hall–Kier alpha value is -0.930. The van der Waals surface area contributed by atoms with Crippen LogP contribution in [0.25, 0.3) is 0 Å². The maximum Gasteiger partial charge on any atom is 0.0718 e. The molecule has 0 fully saturated rings. The van der Waals surface area contributed by atoms with Crippen LogP contribution < -0.4 is 5.73 Å². The van der Waals surface area contributed by atoms with E-state index in [1.54, 1.807) is 6.20 Å². The van der Waals surface area contributed by atoms with Crippen LogP contribution in [0.4, 0.5) is 0 Å². The largest absolute Gasteiger partial charge is 0.377 e. The van der Waals surface area contributed by atoms with Crippen molar-refractivity contribution in [1.82, 2.24) is 4.98 Å². The van der Waals surface area contributed by atoms with Gasteiger partial charge in [-0.25, -0.2) is 0 Å². The predicted molar refractivity (Wildman–Crippen MR) is 52.1 cm³/mol. The van der Waals surface area contributed by atoms with Gasteiger partial charge in [-0.15, -0.1) is 0 Å². The molecule has 0 atom stereocenters. The molecule has 0 aliphatic heterocycles. The van der Waals surface area contributed by atoms with Crippen molar-refractivity contribution in [3.05, 3.63) is 29.6 Å². The first kappa shape index (κ1) is 10.2. The molecule has 0 aliphatic rings. The van der Waals surface area contributed by atoms with E-state index in [2.05, 4.69) is 11.9 Å². The molecule has 0 aliphatic carbocycles. The summed E-state index contributed by atoms with van der Waals surface area (Å²) in [4.78, 5) is 4.11. The Morgan fingerprint density at radius 1 is 1.54 bits per heavy atom. The second-order valence-corrected chi connectivity index (χ2v) is 2.91. The van der Waals surface area contributed by atoms with Gasteiger partial charge < -0.3 is 10.5 Å². The Morgan fingerprint density at radius 2 is 2.38 bits per heavy atom. The summed E-state index contributed by atoms with van der Waals surface area (Å²) in [6, 6.07) is 3.94. The Labute approximate surface area is 78.9 Å². The van der Waals surface area contributed by atoms with E-state index in [-0.39, 0.29) is 0 Å². The second kappa shape index (κ2) is 5.67. The quantitative estimate of drug-likeness (QED) is 0.698. The molecule has 72 valence electrons.